The Bertz CT molecular complexity index is 976. The van der Waals surface area contributed by atoms with Gasteiger partial charge in [0, 0.05) is 50.3 Å². The maximum atomic E-state index is 12.7. The van der Waals surface area contributed by atoms with Gasteiger partial charge in [-0.05, 0) is 45.4 Å². The van der Waals surface area contributed by atoms with Crippen LogP contribution in [0.4, 0.5) is 5.95 Å². The SMILES string of the molecule is Cc1ccc2c(c1)C(=O)CC1(CCN(C(=O)CCCNc3nc(C)cc(C)n3)CC1)O2. The standard InChI is InChI=1S/C24H30N4O3/c1-16-6-7-21-19(13-16)20(29)15-24(31-21)8-11-28(12-9-24)22(30)5-4-10-25-23-26-17(2)14-18(3)27-23/h6-7,13-14H,4-5,8-12,15H2,1-3H3,(H,25,26,27). The van der Waals surface area contributed by atoms with E-state index in [-0.39, 0.29) is 11.7 Å². The number of benzene rings is 1. The lowest BCUT2D eigenvalue weighted by molar-refractivity contribution is -0.134. The lowest BCUT2D eigenvalue weighted by Gasteiger charge is -2.44. The first-order valence-electron chi connectivity index (χ1n) is 11.0. The number of ketones is 1. The first-order valence-corrected chi connectivity index (χ1v) is 11.0. The number of nitrogens with one attached hydrogen (secondary N) is 1. The van der Waals surface area contributed by atoms with Crippen LogP contribution in [0.1, 0.15) is 59.4 Å². The van der Waals surface area contributed by atoms with Gasteiger partial charge in [-0.2, -0.15) is 0 Å². The number of amides is 1. The molecule has 4 rings (SSSR count). The first kappa shape index (κ1) is 21.3. The minimum atomic E-state index is -0.474. The van der Waals surface area contributed by atoms with E-state index < -0.39 is 5.60 Å². The number of anilines is 1. The van der Waals surface area contributed by atoms with Crippen molar-refractivity contribution in [2.75, 3.05) is 25.0 Å². The van der Waals surface area contributed by atoms with Crippen molar-refractivity contribution in [3.8, 4) is 5.75 Å². The molecule has 2 aliphatic heterocycles. The van der Waals surface area contributed by atoms with Crippen LogP contribution in [-0.4, -0.2) is 51.8 Å². The molecular weight excluding hydrogens is 392 g/mol. The van der Waals surface area contributed by atoms with Crippen molar-refractivity contribution in [1.29, 1.82) is 0 Å². The van der Waals surface area contributed by atoms with E-state index >= 15 is 0 Å². The van der Waals surface area contributed by atoms with Gasteiger partial charge >= 0.3 is 0 Å². The summed E-state index contributed by atoms with van der Waals surface area (Å²) in [5.41, 5.74) is 3.12. The van der Waals surface area contributed by atoms with Crippen LogP contribution < -0.4 is 10.1 Å². The molecule has 0 bridgehead atoms. The normalized spacial score (nSPS) is 17.3. The molecule has 0 saturated carbocycles. The van der Waals surface area contributed by atoms with Crippen LogP contribution in [0.25, 0.3) is 0 Å². The third-order valence-corrected chi connectivity index (χ3v) is 6.10. The van der Waals surface area contributed by atoms with Crippen LogP contribution in [0, 0.1) is 20.8 Å². The quantitative estimate of drug-likeness (QED) is 0.741. The van der Waals surface area contributed by atoms with Crippen molar-refractivity contribution >= 4 is 17.6 Å². The zero-order chi connectivity index (χ0) is 22.0. The van der Waals surface area contributed by atoms with E-state index in [1.165, 1.54) is 0 Å². The summed E-state index contributed by atoms with van der Waals surface area (Å²) in [6.45, 7) is 7.76. The number of hydrogen-bond donors (Lipinski definition) is 1. The van der Waals surface area contributed by atoms with E-state index in [9.17, 15) is 9.59 Å². The summed E-state index contributed by atoms with van der Waals surface area (Å²) in [6.07, 6.45) is 2.97. The maximum Gasteiger partial charge on any atom is 0.223 e. The minimum Gasteiger partial charge on any atom is -0.486 e. The van der Waals surface area contributed by atoms with Crippen LogP contribution in [0.5, 0.6) is 5.75 Å². The number of aryl methyl sites for hydroxylation is 3. The number of nitrogens with zero attached hydrogens (tertiary/aromatic N) is 3. The van der Waals surface area contributed by atoms with Gasteiger partial charge in [0.15, 0.2) is 5.78 Å². The highest BCUT2D eigenvalue weighted by molar-refractivity contribution is 6.00. The largest absolute Gasteiger partial charge is 0.486 e. The summed E-state index contributed by atoms with van der Waals surface area (Å²) in [7, 11) is 0. The number of ether oxygens (including phenoxy) is 1. The molecule has 0 atom stereocenters. The second kappa shape index (κ2) is 8.65. The van der Waals surface area contributed by atoms with Crippen LogP contribution >= 0.6 is 0 Å². The van der Waals surface area contributed by atoms with Crippen LogP contribution in [-0.2, 0) is 4.79 Å². The fourth-order valence-electron chi connectivity index (χ4n) is 4.45. The van der Waals surface area contributed by atoms with Crippen molar-refractivity contribution in [3.05, 3.63) is 46.8 Å². The zero-order valence-electron chi connectivity index (χ0n) is 18.5. The van der Waals surface area contributed by atoms with E-state index in [4.69, 9.17) is 4.74 Å². The van der Waals surface area contributed by atoms with E-state index in [1.807, 2.05) is 49.9 Å². The van der Waals surface area contributed by atoms with Gasteiger partial charge < -0.3 is 15.0 Å². The highest BCUT2D eigenvalue weighted by Gasteiger charge is 2.43. The highest BCUT2D eigenvalue weighted by atomic mass is 16.5. The lowest BCUT2D eigenvalue weighted by Crippen LogP contribution is -2.52. The molecule has 3 heterocycles. The number of rotatable bonds is 5. The molecule has 1 fully saturated rings. The Morgan fingerprint density at radius 1 is 1.13 bits per heavy atom. The predicted octanol–water partition coefficient (Wildman–Crippen LogP) is 3.62. The molecular formula is C24H30N4O3. The Kier molecular flexibility index (Phi) is 5.94. The van der Waals surface area contributed by atoms with Gasteiger partial charge in [-0.3, -0.25) is 9.59 Å². The number of fused-ring (bicyclic) bond motifs is 1. The second-order valence-electron chi connectivity index (χ2n) is 8.77. The monoisotopic (exact) mass is 422 g/mol. The molecule has 0 aliphatic carbocycles. The summed E-state index contributed by atoms with van der Waals surface area (Å²) in [4.78, 5) is 35.9. The summed E-state index contributed by atoms with van der Waals surface area (Å²) < 4.78 is 6.30. The number of Topliss-reactive ketones (excluding diaryl/α,β-unsaturated/α-hetero) is 1. The first-order chi connectivity index (χ1) is 14.8. The molecule has 1 aromatic heterocycles. The van der Waals surface area contributed by atoms with Crippen molar-refractivity contribution in [2.24, 2.45) is 0 Å². The number of aromatic nitrogens is 2. The highest BCUT2D eigenvalue weighted by Crippen LogP contribution is 2.39. The summed E-state index contributed by atoms with van der Waals surface area (Å²) in [5, 5.41) is 3.20. The molecule has 1 N–H and O–H groups in total. The average molecular weight is 423 g/mol. The molecule has 164 valence electrons. The fraction of sp³-hybridized carbons (Fsp3) is 0.500. The number of carbonyl (C=O) groups is 2. The third-order valence-electron chi connectivity index (χ3n) is 6.10. The average Bonchev–Trinajstić information content (AvgIpc) is 2.72. The molecule has 0 radical (unpaired) electrons. The fourth-order valence-corrected chi connectivity index (χ4v) is 4.45. The molecule has 1 amide bonds. The number of likely N-dealkylation sites (tertiary alicyclic amines) is 1. The molecule has 7 heteroatoms. The Morgan fingerprint density at radius 3 is 2.55 bits per heavy atom. The van der Waals surface area contributed by atoms with E-state index in [1.54, 1.807) is 0 Å². The lowest BCUT2D eigenvalue weighted by atomic mass is 9.82. The van der Waals surface area contributed by atoms with Crippen LogP contribution in [0.3, 0.4) is 0 Å². The topological polar surface area (TPSA) is 84.4 Å². The van der Waals surface area contributed by atoms with E-state index in [0.717, 1.165) is 23.4 Å². The van der Waals surface area contributed by atoms with Crippen molar-refractivity contribution < 1.29 is 14.3 Å². The van der Waals surface area contributed by atoms with Crippen LogP contribution in [0.2, 0.25) is 0 Å². The van der Waals surface area contributed by atoms with Gasteiger partial charge in [-0.15, -0.1) is 0 Å². The van der Waals surface area contributed by atoms with Gasteiger partial charge in [0.2, 0.25) is 11.9 Å². The van der Waals surface area contributed by atoms with Crippen molar-refractivity contribution in [1.82, 2.24) is 14.9 Å². The Labute approximate surface area is 183 Å². The predicted molar refractivity (Wildman–Crippen MR) is 119 cm³/mol. The van der Waals surface area contributed by atoms with Crippen LogP contribution in [0.15, 0.2) is 24.3 Å². The summed E-state index contributed by atoms with van der Waals surface area (Å²) in [5.74, 6) is 1.58. The molecule has 2 aromatic rings. The van der Waals surface area contributed by atoms with Gasteiger partial charge in [0.25, 0.3) is 0 Å². The Balaban J connectivity index is 1.25. The molecule has 7 nitrogen and oxygen atoms in total. The number of hydrogen-bond acceptors (Lipinski definition) is 6. The summed E-state index contributed by atoms with van der Waals surface area (Å²) in [6, 6.07) is 7.70. The minimum absolute atomic E-state index is 0.143. The Morgan fingerprint density at radius 2 is 1.84 bits per heavy atom. The van der Waals surface area contributed by atoms with E-state index in [0.29, 0.717) is 62.6 Å². The summed E-state index contributed by atoms with van der Waals surface area (Å²) >= 11 is 0. The van der Waals surface area contributed by atoms with Gasteiger partial charge in [-0.1, -0.05) is 11.6 Å². The number of piperidine rings is 1. The molecule has 2 aliphatic rings. The third kappa shape index (κ3) is 4.86. The van der Waals surface area contributed by atoms with Gasteiger partial charge in [0.05, 0.1) is 12.0 Å². The molecule has 31 heavy (non-hydrogen) atoms. The Hall–Kier alpha value is -2.96. The van der Waals surface area contributed by atoms with Gasteiger partial charge in [-0.25, -0.2) is 9.97 Å². The second-order valence-corrected chi connectivity index (χ2v) is 8.77. The zero-order valence-corrected chi connectivity index (χ0v) is 18.5. The maximum absolute atomic E-state index is 12.7. The van der Waals surface area contributed by atoms with E-state index in [2.05, 4.69) is 15.3 Å². The van der Waals surface area contributed by atoms with Gasteiger partial charge in [0.1, 0.15) is 11.4 Å². The molecule has 1 saturated heterocycles. The van der Waals surface area contributed by atoms with Crippen molar-refractivity contribution in [3.63, 3.8) is 0 Å². The van der Waals surface area contributed by atoms with Crippen molar-refractivity contribution in [2.45, 2.75) is 58.5 Å². The molecule has 1 aromatic carbocycles. The molecule has 0 unspecified atom stereocenters. The smallest absolute Gasteiger partial charge is 0.223 e. The molecule has 1 spiro atoms. The number of carbonyl (C=O) groups excluding carboxylic acids is 2.